The highest BCUT2D eigenvalue weighted by Crippen LogP contribution is 2.32. The molecule has 1 aliphatic carbocycles. The third-order valence-corrected chi connectivity index (χ3v) is 6.93. The molecule has 1 N–H and O–H groups in total. The molecule has 2 heterocycles. The number of aromatic nitrogens is 5. The van der Waals surface area contributed by atoms with Gasteiger partial charge in [0, 0.05) is 16.8 Å². The van der Waals surface area contributed by atoms with E-state index in [-0.39, 0.29) is 12.3 Å². The number of carbonyl (C=O) groups is 1. The van der Waals surface area contributed by atoms with Gasteiger partial charge in [-0.3, -0.25) is 4.79 Å². The number of nitrogens with zero attached hydrogens (tertiary/aromatic N) is 5. The second-order valence-electron chi connectivity index (χ2n) is 7.41. The van der Waals surface area contributed by atoms with Gasteiger partial charge in [0.25, 0.3) is 0 Å². The summed E-state index contributed by atoms with van der Waals surface area (Å²) >= 11 is 3.12. The van der Waals surface area contributed by atoms with E-state index in [0.717, 1.165) is 45.5 Å². The van der Waals surface area contributed by atoms with Crippen molar-refractivity contribution in [3.63, 3.8) is 0 Å². The van der Waals surface area contributed by atoms with Crippen LogP contribution in [0.1, 0.15) is 53.6 Å². The zero-order chi connectivity index (χ0) is 20.2. The molecule has 1 fully saturated rings. The van der Waals surface area contributed by atoms with Gasteiger partial charge in [-0.1, -0.05) is 36.7 Å². The van der Waals surface area contributed by atoms with E-state index in [1.165, 1.54) is 24.2 Å². The topological polar surface area (TPSA) is 85.6 Å². The van der Waals surface area contributed by atoms with Crippen LogP contribution in [0.3, 0.4) is 0 Å². The third kappa shape index (κ3) is 5.02. The number of nitrogens with one attached hydrogen (secondary N) is 1. The Morgan fingerprint density at radius 2 is 2.14 bits per heavy atom. The Hall–Kier alpha value is -2.26. The number of hydrogen-bond donors (Lipinski definition) is 1. The van der Waals surface area contributed by atoms with Crippen LogP contribution >= 0.6 is 23.1 Å². The molecule has 0 unspecified atom stereocenters. The van der Waals surface area contributed by atoms with Gasteiger partial charge < -0.3 is 5.32 Å². The van der Waals surface area contributed by atoms with Crippen LogP contribution in [0.15, 0.2) is 28.7 Å². The molecule has 9 heteroatoms. The first kappa shape index (κ1) is 20.0. The Labute approximate surface area is 178 Å². The van der Waals surface area contributed by atoms with Gasteiger partial charge >= 0.3 is 0 Å². The SMILES string of the molecule is Cc1ccc(C)c(NC(=O)Cc2nc(CSc3nnnn3C3CCCC3)cs2)c1. The van der Waals surface area contributed by atoms with Gasteiger partial charge in [-0.2, -0.15) is 0 Å². The highest BCUT2D eigenvalue weighted by Gasteiger charge is 2.21. The predicted molar refractivity (Wildman–Crippen MR) is 115 cm³/mol. The lowest BCUT2D eigenvalue weighted by atomic mass is 10.1. The summed E-state index contributed by atoms with van der Waals surface area (Å²) in [5.41, 5.74) is 4.00. The first-order valence-corrected chi connectivity index (χ1v) is 11.7. The van der Waals surface area contributed by atoms with Gasteiger partial charge in [0.15, 0.2) is 0 Å². The van der Waals surface area contributed by atoms with Crippen LogP contribution in [0.25, 0.3) is 0 Å². The average Bonchev–Trinajstić information content (AvgIpc) is 3.43. The zero-order valence-corrected chi connectivity index (χ0v) is 18.2. The first-order valence-electron chi connectivity index (χ1n) is 9.79. The van der Waals surface area contributed by atoms with E-state index in [0.29, 0.717) is 11.8 Å². The Morgan fingerprint density at radius 1 is 1.31 bits per heavy atom. The quantitative estimate of drug-likeness (QED) is 0.564. The fraction of sp³-hybridized carbons (Fsp3) is 0.450. The number of carbonyl (C=O) groups excluding carboxylic acids is 1. The number of benzene rings is 1. The van der Waals surface area contributed by atoms with Gasteiger partial charge in [-0.25, -0.2) is 9.67 Å². The van der Waals surface area contributed by atoms with E-state index < -0.39 is 0 Å². The van der Waals surface area contributed by atoms with Gasteiger partial charge in [0.05, 0.1) is 18.2 Å². The maximum atomic E-state index is 12.4. The second-order valence-corrected chi connectivity index (χ2v) is 9.29. The van der Waals surface area contributed by atoms with Crippen molar-refractivity contribution in [3.8, 4) is 0 Å². The fourth-order valence-electron chi connectivity index (χ4n) is 3.50. The molecule has 0 spiro atoms. The summed E-state index contributed by atoms with van der Waals surface area (Å²) in [6, 6.07) is 6.47. The molecule has 1 saturated carbocycles. The lowest BCUT2D eigenvalue weighted by Crippen LogP contribution is -2.15. The van der Waals surface area contributed by atoms with Crippen molar-refractivity contribution < 1.29 is 4.79 Å². The number of hydrogen-bond acceptors (Lipinski definition) is 7. The molecule has 1 aromatic carbocycles. The molecule has 3 aromatic rings. The van der Waals surface area contributed by atoms with Crippen molar-refractivity contribution in [1.29, 1.82) is 0 Å². The Morgan fingerprint density at radius 3 is 2.97 bits per heavy atom. The smallest absolute Gasteiger partial charge is 0.231 e. The van der Waals surface area contributed by atoms with Crippen LogP contribution in [0.2, 0.25) is 0 Å². The normalized spacial score (nSPS) is 14.4. The number of rotatable bonds is 7. The minimum Gasteiger partial charge on any atom is -0.325 e. The number of amides is 1. The van der Waals surface area contributed by atoms with Crippen molar-refractivity contribution in [2.75, 3.05) is 5.32 Å². The summed E-state index contributed by atoms with van der Waals surface area (Å²) in [7, 11) is 0. The van der Waals surface area contributed by atoms with Gasteiger partial charge in [0.1, 0.15) is 5.01 Å². The lowest BCUT2D eigenvalue weighted by Gasteiger charge is -2.10. The molecule has 0 aliphatic heterocycles. The Balaban J connectivity index is 1.32. The number of tetrazole rings is 1. The molecule has 0 bridgehead atoms. The maximum absolute atomic E-state index is 12.4. The van der Waals surface area contributed by atoms with Crippen LogP contribution in [0.5, 0.6) is 0 Å². The summed E-state index contributed by atoms with van der Waals surface area (Å²) < 4.78 is 1.96. The summed E-state index contributed by atoms with van der Waals surface area (Å²) in [6.45, 7) is 4.01. The van der Waals surface area contributed by atoms with E-state index in [2.05, 4.69) is 25.8 Å². The molecule has 0 saturated heterocycles. The molecule has 7 nitrogen and oxygen atoms in total. The van der Waals surface area contributed by atoms with Crippen molar-refractivity contribution in [1.82, 2.24) is 25.2 Å². The number of anilines is 1. The second kappa shape index (κ2) is 9.04. The fourth-order valence-corrected chi connectivity index (χ4v) is 5.23. The van der Waals surface area contributed by atoms with Crippen LogP contribution in [0.4, 0.5) is 5.69 Å². The largest absolute Gasteiger partial charge is 0.325 e. The van der Waals surface area contributed by atoms with E-state index in [4.69, 9.17) is 0 Å². The van der Waals surface area contributed by atoms with Crippen molar-refractivity contribution >= 4 is 34.7 Å². The molecule has 152 valence electrons. The van der Waals surface area contributed by atoms with E-state index in [1.807, 2.05) is 42.1 Å². The van der Waals surface area contributed by atoms with Gasteiger partial charge in [0.2, 0.25) is 11.1 Å². The van der Waals surface area contributed by atoms with Crippen LogP contribution in [0, 0.1) is 13.8 Å². The van der Waals surface area contributed by atoms with Gasteiger partial charge in [-0.15, -0.1) is 16.4 Å². The van der Waals surface area contributed by atoms with Crippen LogP contribution < -0.4 is 5.32 Å². The molecule has 29 heavy (non-hydrogen) atoms. The average molecular weight is 429 g/mol. The maximum Gasteiger partial charge on any atom is 0.231 e. The molecule has 4 rings (SSSR count). The highest BCUT2D eigenvalue weighted by atomic mass is 32.2. The van der Waals surface area contributed by atoms with E-state index in [9.17, 15) is 4.79 Å². The summed E-state index contributed by atoms with van der Waals surface area (Å²) in [5.74, 6) is 0.653. The number of aryl methyl sites for hydroxylation is 2. The minimum atomic E-state index is -0.0440. The number of thiazole rings is 1. The standard InChI is InChI=1S/C20H24N6OS2/c1-13-7-8-14(2)17(9-13)22-18(27)10-19-21-15(11-28-19)12-29-20-23-24-25-26(20)16-5-3-4-6-16/h7-9,11,16H,3-6,10,12H2,1-2H3,(H,22,27). The summed E-state index contributed by atoms with van der Waals surface area (Å²) in [6.07, 6.45) is 5.06. The molecular weight excluding hydrogens is 404 g/mol. The molecule has 0 atom stereocenters. The monoisotopic (exact) mass is 428 g/mol. The highest BCUT2D eigenvalue weighted by molar-refractivity contribution is 7.98. The van der Waals surface area contributed by atoms with Crippen molar-refractivity contribution in [2.24, 2.45) is 0 Å². The molecule has 1 amide bonds. The zero-order valence-electron chi connectivity index (χ0n) is 16.6. The molecule has 2 aromatic heterocycles. The lowest BCUT2D eigenvalue weighted by molar-refractivity contribution is -0.115. The Bertz CT molecular complexity index is 993. The summed E-state index contributed by atoms with van der Waals surface area (Å²) in [5, 5.41) is 18.9. The third-order valence-electron chi connectivity index (χ3n) is 5.06. The predicted octanol–water partition coefficient (Wildman–Crippen LogP) is 4.34. The van der Waals surface area contributed by atoms with E-state index >= 15 is 0 Å². The first-order chi connectivity index (χ1) is 14.1. The minimum absolute atomic E-state index is 0.0440. The molecular formula is C20H24N6OS2. The van der Waals surface area contributed by atoms with Gasteiger partial charge in [-0.05, 0) is 54.3 Å². The molecule has 0 radical (unpaired) electrons. The Kier molecular flexibility index (Phi) is 6.25. The molecule has 1 aliphatic rings. The van der Waals surface area contributed by atoms with E-state index in [1.54, 1.807) is 11.8 Å². The van der Waals surface area contributed by atoms with Crippen LogP contribution in [-0.2, 0) is 17.0 Å². The number of thioether (sulfide) groups is 1. The summed E-state index contributed by atoms with van der Waals surface area (Å²) in [4.78, 5) is 17.0. The van der Waals surface area contributed by atoms with Crippen LogP contribution in [-0.4, -0.2) is 31.1 Å². The van der Waals surface area contributed by atoms with Crippen molar-refractivity contribution in [2.45, 2.75) is 62.9 Å². The van der Waals surface area contributed by atoms with Crippen molar-refractivity contribution in [3.05, 3.63) is 45.4 Å².